The highest BCUT2D eigenvalue weighted by molar-refractivity contribution is 6.30. The molecule has 2 N–H and O–H groups in total. The summed E-state index contributed by atoms with van der Waals surface area (Å²) in [6.45, 7) is 0.119. The van der Waals surface area contributed by atoms with Crippen molar-refractivity contribution in [3.8, 4) is 5.75 Å². The lowest BCUT2D eigenvalue weighted by Gasteiger charge is -2.31. The lowest BCUT2D eigenvalue weighted by molar-refractivity contribution is 0.0652. The van der Waals surface area contributed by atoms with Crippen LogP contribution in [0.5, 0.6) is 5.75 Å². The van der Waals surface area contributed by atoms with Crippen LogP contribution in [0.4, 0.5) is 4.39 Å². The number of carbonyl (C=O) groups is 2. The van der Waals surface area contributed by atoms with Crippen LogP contribution in [0.3, 0.4) is 0 Å². The van der Waals surface area contributed by atoms with E-state index in [1.54, 1.807) is 59.5 Å². The normalized spacial score (nSPS) is 14.7. The third kappa shape index (κ3) is 4.06. The Kier molecular flexibility index (Phi) is 6.15. The van der Waals surface area contributed by atoms with Crippen LogP contribution in [0.1, 0.15) is 49.9 Å². The number of nitrogens with zero attached hydrogens (tertiary/aromatic N) is 1. The minimum Gasteiger partial charge on any atom is -0.496 e. The number of carbonyl (C=O) groups excluding carboxylic acids is 2. The molecule has 164 valence electrons. The molecule has 0 aromatic heterocycles. The maximum absolute atomic E-state index is 14.6. The molecule has 0 heterocycles. The van der Waals surface area contributed by atoms with Gasteiger partial charge < -0.3 is 15.4 Å². The summed E-state index contributed by atoms with van der Waals surface area (Å²) in [5.74, 6) is -0.815. The molecular formula is C25H22ClFN2O3. The van der Waals surface area contributed by atoms with Crippen LogP contribution in [-0.4, -0.2) is 23.8 Å². The van der Waals surface area contributed by atoms with Gasteiger partial charge in [0.25, 0.3) is 5.91 Å². The zero-order valence-corrected chi connectivity index (χ0v) is 18.2. The van der Waals surface area contributed by atoms with Crippen molar-refractivity contribution < 1.29 is 18.7 Å². The Hall–Kier alpha value is -3.38. The van der Waals surface area contributed by atoms with E-state index >= 15 is 0 Å². The molecule has 0 saturated carbocycles. The summed E-state index contributed by atoms with van der Waals surface area (Å²) in [5.41, 5.74) is 8.12. The summed E-state index contributed by atoms with van der Waals surface area (Å²) in [6, 6.07) is 16.4. The van der Waals surface area contributed by atoms with Gasteiger partial charge in [-0.3, -0.25) is 9.59 Å². The lowest BCUT2D eigenvalue weighted by atomic mass is 10.0. The van der Waals surface area contributed by atoms with Gasteiger partial charge >= 0.3 is 0 Å². The van der Waals surface area contributed by atoms with Crippen molar-refractivity contribution in [1.29, 1.82) is 0 Å². The third-order valence-electron chi connectivity index (χ3n) is 5.82. The second-order valence-corrected chi connectivity index (χ2v) is 8.10. The second-order valence-electron chi connectivity index (χ2n) is 7.66. The fourth-order valence-electron chi connectivity index (χ4n) is 4.33. The fraction of sp³-hybridized carbons (Fsp3) is 0.200. The zero-order chi connectivity index (χ0) is 22.8. The van der Waals surface area contributed by atoms with Crippen LogP contribution in [-0.2, 0) is 13.0 Å². The van der Waals surface area contributed by atoms with Crippen molar-refractivity contribution in [2.24, 2.45) is 5.73 Å². The Morgan fingerprint density at radius 3 is 2.53 bits per heavy atom. The number of para-hydroxylation sites is 1. The largest absolute Gasteiger partial charge is 0.496 e. The molecule has 0 saturated heterocycles. The summed E-state index contributed by atoms with van der Waals surface area (Å²) in [6.07, 6.45) is 1.02. The van der Waals surface area contributed by atoms with Gasteiger partial charge in [-0.25, -0.2) is 4.39 Å². The van der Waals surface area contributed by atoms with E-state index in [0.29, 0.717) is 46.4 Å². The van der Waals surface area contributed by atoms with Crippen molar-refractivity contribution in [3.63, 3.8) is 0 Å². The molecule has 5 nitrogen and oxygen atoms in total. The fourth-order valence-corrected chi connectivity index (χ4v) is 4.54. The number of primary amides is 1. The molecular weight excluding hydrogens is 431 g/mol. The number of hydrogen-bond donors (Lipinski definition) is 1. The van der Waals surface area contributed by atoms with Gasteiger partial charge in [0.15, 0.2) is 0 Å². The van der Waals surface area contributed by atoms with Crippen molar-refractivity contribution in [3.05, 3.63) is 99.3 Å². The maximum atomic E-state index is 14.6. The van der Waals surface area contributed by atoms with Crippen LogP contribution < -0.4 is 10.5 Å². The molecule has 0 aliphatic heterocycles. The summed E-state index contributed by atoms with van der Waals surface area (Å²) in [5, 5.41) is 0.273. The molecule has 0 unspecified atom stereocenters. The molecule has 0 bridgehead atoms. The highest BCUT2D eigenvalue weighted by Crippen LogP contribution is 2.40. The smallest absolute Gasteiger partial charge is 0.258 e. The average molecular weight is 453 g/mol. The van der Waals surface area contributed by atoms with Gasteiger partial charge in [-0.15, -0.1) is 0 Å². The zero-order valence-electron chi connectivity index (χ0n) is 17.5. The Bertz CT molecular complexity index is 1200. The van der Waals surface area contributed by atoms with Gasteiger partial charge in [-0.1, -0.05) is 41.9 Å². The molecule has 0 spiro atoms. The van der Waals surface area contributed by atoms with Gasteiger partial charge in [0.2, 0.25) is 5.91 Å². The predicted octanol–water partition coefficient (Wildman–Crippen LogP) is 4.92. The van der Waals surface area contributed by atoms with E-state index in [9.17, 15) is 14.0 Å². The van der Waals surface area contributed by atoms with Crippen molar-refractivity contribution in [2.75, 3.05) is 7.11 Å². The van der Waals surface area contributed by atoms with E-state index in [1.165, 1.54) is 13.2 Å². The molecule has 1 aliphatic rings. The number of ether oxygens (including phenoxy) is 1. The van der Waals surface area contributed by atoms with E-state index in [2.05, 4.69) is 0 Å². The number of rotatable bonds is 6. The summed E-state index contributed by atoms with van der Waals surface area (Å²) < 4.78 is 20.0. The highest BCUT2D eigenvalue weighted by atomic mass is 35.5. The van der Waals surface area contributed by atoms with E-state index in [0.717, 1.165) is 0 Å². The SMILES string of the molecule is COc1ccccc1C(=O)N(Cc1ccccc1C(N)=O)[C@@H]1CCc2c(F)cc(Cl)cc21. The van der Waals surface area contributed by atoms with Crippen molar-refractivity contribution in [1.82, 2.24) is 4.90 Å². The van der Waals surface area contributed by atoms with Gasteiger partial charge in [0, 0.05) is 17.1 Å². The first kappa shape index (κ1) is 21.8. The molecule has 0 fully saturated rings. The van der Waals surface area contributed by atoms with Crippen molar-refractivity contribution >= 4 is 23.4 Å². The molecule has 1 atom stereocenters. The first-order chi connectivity index (χ1) is 15.4. The quantitative estimate of drug-likeness (QED) is 0.577. The summed E-state index contributed by atoms with van der Waals surface area (Å²) in [7, 11) is 1.50. The van der Waals surface area contributed by atoms with Crippen LogP contribution in [0.25, 0.3) is 0 Å². The van der Waals surface area contributed by atoms with Gasteiger partial charge in [-0.2, -0.15) is 0 Å². The van der Waals surface area contributed by atoms with Gasteiger partial charge in [0.05, 0.1) is 18.7 Å². The second kappa shape index (κ2) is 9.01. The molecule has 4 rings (SSSR count). The summed E-state index contributed by atoms with van der Waals surface area (Å²) in [4.78, 5) is 27.4. The minimum absolute atomic E-state index is 0.119. The standard InChI is InChI=1S/C25H22ClFN2O3/c1-32-23-9-5-4-8-19(23)25(31)29(14-15-6-2-3-7-17(15)24(28)30)22-11-10-18-20(22)12-16(26)13-21(18)27/h2-9,12-13,22H,10-11,14H2,1H3,(H2,28,30)/t22-/m1/s1. The molecule has 1 aliphatic carbocycles. The van der Waals surface area contributed by atoms with Crippen LogP contribution in [0.15, 0.2) is 60.7 Å². The monoisotopic (exact) mass is 452 g/mol. The van der Waals surface area contributed by atoms with Crippen molar-refractivity contribution in [2.45, 2.75) is 25.4 Å². The number of nitrogens with two attached hydrogens (primary N) is 1. The van der Waals surface area contributed by atoms with Gasteiger partial charge in [-0.05, 0) is 59.9 Å². The molecule has 7 heteroatoms. The topological polar surface area (TPSA) is 72.6 Å². The first-order valence-electron chi connectivity index (χ1n) is 10.2. The number of halogens is 2. The molecule has 32 heavy (non-hydrogen) atoms. The average Bonchev–Trinajstić information content (AvgIpc) is 3.21. The lowest BCUT2D eigenvalue weighted by Crippen LogP contribution is -2.34. The van der Waals surface area contributed by atoms with E-state index in [1.807, 2.05) is 0 Å². The number of hydrogen-bond acceptors (Lipinski definition) is 3. The Morgan fingerprint density at radius 1 is 1.12 bits per heavy atom. The molecule has 2 amide bonds. The predicted molar refractivity (Wildman–Crippen MR) is 120 cm³/mol. The molecule has 3 aromatic carbocycles. The van der Waals surface area contributed by atoms with E-state index in [4.69, 9.17) is 22.1 Å². The summed E-state index contributed by atoms with van der Waals surface area (Å²) >= 11 is 6.15. The Morgan fingerprint density at radius 2 is 1.81 bits per heavy atom. The first-order valence-corrected chi connectivity index (χ1v) is 10.6. The number of benzene rings is 3. The molecule has 0 radical (unpaired) electrons. The van der Waals surface area contributed by atoms with E-state index in [-0.39, 0.29) is 23.3 Å². The number of methoxy groups -OCH3 is 1. The third-order valence-corrected chi connectivity index (χ3v) is 6.04. The van der Waals surface area contributed by atoms with Crippen LogP contribution >= 0.6 is 11.6 Å². The highest BCUT2D eigenvalue weighted by Gasteiger charge is 2.35. The van der Waals surface area contributed by atoms with Gasteiger partial charge in [0.1, 0.15) is 11.6 Å². The maximum Gasteiger partial charge on any atom is 0.258 e. The minimum atomic E-state index is -0.578. The number of amides is 2. The van der Waals surface area contributed by atoms with Crippen LogP contribution in [0.2, 0.25) is 5.02 Å². The number of fused-ring (bicyclic) bond motifs is 1. The van der Waals surface area contributed by atoms with E-state index < -0.39 is 11.9 Å². The Balaban J connectivity index is 1.82. The molecule has 3 aromatic rings. The van der Waals surface area contributed by atoms with Crippen LogP contribution in [0, 0.1) is 5.82 Å². The Labute approximate surface area is 190 Å².